The van der Waals surface area contributed by atoms with Crippen molar-refractivity contribution in [3.8, 4) is 0 Å². The zero-order valence-electron chi connectivity index (χ0n) is 6.83. The Morgan fingerprint density at radius 3 is 2.36 bits per heavy atom. The van der Waals surface area contributed by atoms with Gasteiger partial charge in [-0.2, -0.15) is 0 Å². The monoisotopic (exact) mass is 223 g/mol. The number of hydrogen-bond acceptors (Lipinski definition) is 2. The van der Waals surface area contributed by atoms with Gasteiger partial charge < -0.3 is 0 Å². The second-order valence-corrected chi connectivity index (χ2v) is 3.31. The molecule has 0 amide bonds. The van der Waals surface area contributed by atoms with Crippen molar-refractivity contribution >= 4 is 39.9 Å². The third-order valence-corrected chi connectivity index (χ3v) is 2.32. The lowest BCUT2D eigenvalue weighted by Crippen LogP contribution is -1.85. The standard InChI is InChI=1S/C9H3Cl2N3/c1-12-5-2-3-6-7(4-5)14-9(11)8(10)13-6/h2-4H. The van der Waals surface area contributed by atoms with Crippen LogP contribution in [0.3, 0.4) is 0 Å². The van der Waals surface area contributed by atoms with Crippen LogP contribution in [0.2, 0.25) is 10.3 Å². The molecule has 0 saturated heterocycles. The van der Waals surface area contributed by atoms with Crippen LogP contribution in [0.25, 0.3) is 15.9 Å². The Hall–Kier alpha value is -1.37. The van der Waals surface area contributed by atoms with Gasteiger partial charge in [-0.05, 0) is 12.1 Å². The molecular weight excluding hydrogens is 221 g/mol. The molecule has 1 aromatic heterocycles. The Bertz CT molecular complexity index is 545. The SMILES string of the molecule is [C-]#[N+]c1ccc2nc(Cl)c(Cl)nc2c1. The van der Waals surface area contributed by atoms with Crippen molar-refractivity contribution in [2.45, 2.75) is 0 Å². The molecule has 1 heterocycles. The Labute approximate surface area is 90.1 Å². The largest absolute Gasteiger partial charge is 0.238 e. The second-order valence-electron chi connectivity index (χ2n) is 2.59. The second kappa shape index (κ2) is 3.41. The van der Waals surface area contributed by atoms with Crippen molar-refractivity contribution in [3.63, 3.8) is 0 Å². The molecule has 0 aliphatic heterocycles. The van der Waals surface area contributed by atoms with E-state index in [4.69, 9.17) is 29.8 Å². The molecule has 0 N–H and O–H groups in total. The lowest BCUT2D eigenvalue weighted by atomic mass is 10.3. The lowest BCUT2D eigenvalue weighted by molar-refractivity contribution is 1.29. The molecule has 0 atom stereocenters. The first-order valence-corrected chi connectivity index (χ1v) is 4.46. The third kappa shape index (κ3) is 1.50. The number of benzene rings is 1. The molecule has 5 heteroatoms. The number of aromatic nitrogens is 2. The van der Waals surface area contributed by atoms with Gasteiger partial charge in [0.2, 0.25) is 0 Å². The molecule has 3 nitrogen and oxygen atoms in total. The minimum atomic E-state index is 0.154. The summed E-state index contributed by atoms with van der Waals surface area (Å²) in [5.74, 6) is 0. The first-order valence-electron chi connectivity index (χ1n) is 3.71. The van der Waals surface area contributed by atoms with Crippen LogP contribution in [-0.4, -0.2) is 9.97 Å². The molecule has 0 radical (unpaired) electrons. The molecule has 1 aromatic carbocycles. The summed E-state index contributed by atoms with van der Waals surface area (Å²) < 4.78 is 0. The highest BCUT2D eigenvalue weighted by Gasteiger charge is 2.04. The van der Waals surface area contributed by atoms with Crippen LogP contribution < -0.4 is 0 Å². The normalized spacial score (nSPS) is 10.1. The van der Waals surface area contributed by atoms with E-state index in [0.29, 0.717) is 16.7 Å². The molecule has 0 bridgehead atoms. The highest BCUT2D eigenvalue weighted by molar-refractivity contribution is 6.40. The molecule has 0 aliphatic carbocycles. The Morgan fingerprint density at radius 1 is 1.07 bits per heavy atom. The van der Waals surface area contributed by atoms with Crippen molar-refractivity contribution in [2.24, 2.45) is 0 Å². The molecule has 2 aromatic rings. The summed E-state index contributed by atoms with van der Waals surface area (Å²) in [5, 5.41) is 0.330. The minimum Gasteiger partial charge on any atom is -0.238 e. The van der Waals surface area contributed by atoms with Crippen LogP contribution in [0, 0.1) is 6.57 Å². The fourth-order valence-corrected chi connectivity index (χ4v) is 1.34. The molecule has 2 rings (SSSR count). The smallest absolute Gasteiger partial charge is 0.189 e. The van der Waals surface area contributed by atoms with Crippen LogP contribution >= 0.6 is 23.2 Å². The predicted molar refractivity (Wildman–Crippen MR) is 55.8 cm³/mol. The van der Waals surface area contributed by atoms with Crippen molar-refractivity contribution in [1.82, 2.24) is 9.97 Å². The average Bonchev–Trinajstić information content (AvgIpc) is 2.19. The number of halogens is 2. The zero-order valence-corrected chi connectivity index (χ0v) is 8.34. The summed E-state index contributed by atoms with van der Waals surface area (Å²) in [6.45, 7) is 6.83. The van der Waals surface area contributed by atoms with Gasteiger partial charge in [0.15, 0.2) is 16.0 Å². The van der Waals surface area contributed by atoms with Gasteiger partial charge in [0.1, 0.15) is 0 Å². The maximum absolute atomic E-state index is 6.83. The van der Waals surface area contributed by atoms with Crippen LogP contribution in [0.4, 0.5) is 5.69 Å². The molecular formula is C9H3Cl2N3. The molecule has 0 aliphatic rings. The van der Waals surface area contributed by atoms with Crippen LogP contribution in [0.15, 0.2) is 18.2 Å². The Kier molecular flexibility index (Phi) is 2.24. The van der Waals surface area contributed by atoms with Crippen molar-refractivity contribution in [1.29, 1.82) is 0 Å². The maximum Gasteiger partial charge on any atom is 0.189 e. The van der Waals surface area contributed by atoms with E-state index in [-0.39, 0.29) is 10.3 Å². The van der Waals surface area contributed by atoms with E-state index >= 15 is 0 Å². The highest BCUT2D eigenvalue weighted by Crippen LogP contribution is 2.23. The van der Waals surface area contributed by atoms with Crippen molar-refractivity contribution in [2.75, 3.05) is 0 Å². The van der Waals surface area contributed by atoms with E-state index in [1.54, 1.807) is 18.2 Å². The number of nitrogens with zero attached hydrogens (tertiary/aromatic N) is 3. The summed E-state index contributed by atoms with van der Waals surface area (Å²) in [7, 11) is 0. The first-order chi connectivity index (χ1) is 6.70. The van der Waals surface area contributed by atoms with E-state index in [9.17, 15) is 0 Å². The predicted octanol–water partition coefficient (Wildman–Crippen LogP) is 3.49. The van der Waals surface area contributed by atoms with Crippen LogP contribution in [0.1, 0.15) is 0 Å². The van der Waals surface area contributed by atoms with Crippen LogP contribution in [0.5, 0.6) is 0 Å². The van der Waals surface area contributed by atoms with Crippen LogP contribution in [-0.2, 0) is 0 Å². The fraction of sp³-hybridized carbons (Fsp3) is 0. The van der Waals surface area contributed by atoms with Gasteiger partial charge in [-0.1, -0.05) is 29.3 Å². The van der Waals surface area contributed by atoms with Crippen molar-refractivity contribution < 1.29 is 0 Å². The fourth-order valence-electron chi connectivity index (χ4n) is 1.07. The van der Waals surface area contributed by atoms with E-state index in [2.05, 4.69) is 14.8 Å². The van der Waals surface area contributed by atoms with Crippen molar-refractivity contribution in [3.05, 3.63) is 39.9 Å². The molecule has 0 unspecified atom stereocenters. The quantitative estimate of drug-likeness (QED) is 0.641. The number of fused-ring (bicyclic) bond motifs is 1. The summed E-state index contributed by atoms with van der Waals surface area (Å²) in [6, 6.07) is 4.98. The van der Waals surface area contributed by atoms with Gasteiger partial charge in [0, 0.05) is 0 Å². The molecule has 68 valence electrons. The van der Waals surface area contributed by atoms with Gasteiger partial charge in [-0.15, -0.1) is 0 Å². The van der Waals surface area contributed by atoms with Gasteiger partial charge in [0.05, 0.1) is 17.6 Å². The summed E-state index contributed by atoms with van der Waals surface area (Å²) in [6.07, 6.45) is 0. The maximum atomic E-state index is 6.83. The first kappa shape index (κ1) is 9.20. The van der Waals surface area contributed by atoms with Gasteiger partial charge in [-0.3, -0.25) is 0 Å². The zero-order chi connectivity index (χ0) is 10.1. The van der Waals surface area contributed by atoms with Gasteiger partial charge >= 0.3 is 0 Å². The summed E-state index contributed by atoms with van der Waals surface area (Å²) >= 11 is 11.4. The molecule has 0 spiro atoms. The van der Waals surface area contributed by atoms with Gasteiger partial charge in [-0.25, -0.2) is 14.8 Å². The van der Waals surface area contributed by atoms with E-state index in [1.807, 2.05) is 0 Å². The third-order valence-electron chi connectivity index (χ3n) is 1.70. The summed E-state index contributed by atoms with van der Waals surface area (Å²) in [4.78, 5) is 11.3. The molecule has 14 heavy (non-hydrogen) atoms. The Balaban J connectivity index is 2.78. The lowest BCUT2D eigenvalue weighted by Gasteiger charge is -1.99. The molecule has 0 saturated carbocycles. The minimum absolute atomic E-state index is 0.154. The summed E-state index contributed by atoms with van der Waals surface area (Å²) in [5.41, 5.74) is 1.71. The average molecular weight is 224 g/mol. The Morgan fingerprint density at radius 2 is 1.71 bits per heavy atom. The van der Waals surface area contributed by atoms with E-state index in [0.717, 1.165) is 0 Å². The van der Waals surface area contributed by atoms with Gasteiger partial charge in [0.25, 0.3) is 0 Å². The molecule has 0 fully saturated rings. The van der Waals surface area contributed by atoms with E-state index in [1.165, 1.54) is 0 Å². The number of rotatable bonds is 0. The highest BCUT2D eigenvalue weighted by atomic mass is 35.5. The van der Waals surface area contributed by atoms with E-state index < -0.39 is 0 Å². The number of hydrogen-bond donors (Lipinski definition) is 0. The topological polar surface area (TPSA) is 30.1 Å².